The van der Waals surface area contributed by atoms with Gasteiger partial charge in [0, 0.05) is 22.8 Å². The van der Waals surface area contributed by atoms with E-state index in [0.29, 0.717) is 0 Å². The summed E-state index contributed by atoms with van der Waals surface area (Å²) in [6.07, 6.45) is 1.81. The third kappa shape index (κ3) is 1.83. The Bertz CT molecular complexity index is 663. The van der Waals surface area contributed by atoms with Crippen molar-refractivity contribution in [3.8, 4) is 11.4 Å². The number of hydrogen-bond donors (Lipinski definition) is 1. The molecule has 3 aromatic rings. The van der Waals surface area contributed by atoms with Crippen LogP contribution in [0.25, 0.3) is 22.3 Å². The lowest BCUT2D eigenvalue weighted by molar-refractivity contribution is 1.23. The predicted molar refractivity (Wildman–Crippen MR) is 69.4 cm³/mol. The Kier molecular flexibility index (Phi) is 2.22. The molecule has 17 heavy (non-hydrogen) atoms. The van der Waals surface area contributed by atoms with E-state index in [4.69, 9.17) is 5.73 Å². The molecule has 3 rings (SSSR count). The standard InChI is InChI=1S/C14H11N3/c15-12-6-7-13-11(8-12)9-16-14(17-13)10-4-2-1-3-5-10/h1-9H,15H2. The van der Waals surface area contributed by atoms with E-state index < -0.39 is 0 Å². The fourth-order valence-electron chi connectivity index (χ4n) is 1.78. The molecule has 0 aliphatic rings. The van der Waals surface area contributed by atoms with Gasteiger partial charge in [-0.2, -0.15) is 0 Å². The summed E-state index contributed by atoms with van der Waals surface area (Å²) in [7, 11) is 0. The number of hydrogen-bond acceptors (Lipinski definition) is 3. The largest absolute Gasteiger partial charge is 0.399 e. The molecular weight excluding hydrogens is 210 g/mol. The molecule has 82 valence electrons. The summed E-state index contributed by atoms with van der Waals surface area (Å²) in [5.74, 6) is 0.739. The Morgan fingerprint density at radius 1 is 0.941 bits per heavy atom. The monoisotopic (exact) mass is 221 g/mol. The second-order valence-electron chi connectivity index (χ2n) is 3.88. The van der Waals surface area contributed by atoms with Crippen LogP contribution in [0.15, 0.2) is 54.7 Å². The first-order chi connectivity index (χ1) is 8.33. The molecule has 0 fully saturated rings. The Labute approximate surface area is 98.9 Å². The number of nitrogens with zero attached hydrogens (tertiary/aromatic N) is 2. The van der Waals surface area contributed by atoms with Gasteiger partial charge in [0.2, 0.25) is 0 Å². The van der Waals surface area contributed by atoms with Crippen LogP contribution in [0.2, 0.25) is 0 Å². The van der Waals surface area contributed by atoms with Crippen LogP contribution in [-0.4, -0.2) is 9.97 Å². The van der Waals surface area contributed by atoms with E-state index in [1.165, 1.54) is 0 Å². The zero-order chi connectivity index (χ0) is 11.7. The number of aromatic nitrogens is 2. The summed E-state index contributed by atoms with van der Waals surface area (Å²) in [6, 6.07) is 15.6. The van der Waals surface area contributed by atoms with E-state index in [2.05, 4.69) is 9.97 Å². The van der Waals surface area contributed by atoms with Gasteiger partial charge >= 0.3 is 0 Å². The summed E-state index contributed by atoms with van der Waals surface area (Å²) in [5, 5.41) is 0.963. The molecule has 1 heterocycles. The number of rotatable bonds is 1. The van der Waals surface area contributed by atoms with E-state index in [9.17, 15) is 0 Å². The van der Waals surface area contributed by atoms with E-state index in [-0.39, 0.29) is 0 Å². The van der Waals surface area contributed by atoms with Crippen molar-refractivity contribution in [2.75, 3.05) is 5.73 Å². The number of nitrogens with two attached hydrogens (primary N) is 1. The van der Waals surface area contributed by atoms with Gasteiger partial charge in [0.1, 0.15) is 0 Å². The lowest BCUT2D eigenvalue weighted by Crippen LogP contribution is -1.91. The second kappa shape index (κ2) is 3.87. The highest BCUT2D eigenvalue weighted by Gasteiger charge is 2.02. The lowest BCUT2D eigenvalue weighted by atomic mass is 10.2. The minimum Gasteiger partial charge on any atom is -0.399 e. The highest BCUT2D eigenvalue weighted by Crippen LogP contribution is 2.19. The molecule has 0 unspecified atom stereocenters. The van der Waals surface area contributed by atoms with E-state index in [1.807, 2.05) is 48.5 Å². The molecule has 0 spiro atoms. The zero-order valence-electron chi connectivity index (χ0n) is 9.17. The summed E-state index contributed by atoms with van der Waals surface area (Å²) in [6.45, 7) is 0. The molecule has 2 aromatic carbocycles. The topological polar surface area (TPSA) is 51.8 Å². The number of anilines is 1. The van der Waals surface area contributed by atoms with Crippen molar-refractivity contribution in [2.45, 2.75) is 0 Å². The van der Waals surface area contributed by atoms with Crippen LogP contribution >= 0.6 is 0 Å². The van der Waals surface area contributed by atoms with Gasteiger partial charge in [-0.05, 0) is 18.2 Å². The molecule has 0 atom stereocenters. The summed E-state index contributed by atoms with van der Waals surface area (Å²) >= 11 is 0. The minimum atomic E-state index is 0.730. The number of nitrogen functional groups attached to an aromatic ring is 1. The quantitative estimate of drug-likeness (QED) is 0.643. The second-order valence-corrected chi connectivity index (χ2v) is 3.88. The number of benzene rings is 2. The average molecular weight is 221 g/mol. The average Bonchev–Trinajstić information content (AvgIpc) is 2.39. The van der Waals surface area contributed by atoms with Crippen LogP contribution in [0, 0.1) is 0 Å². The Hall–Kier alpha value is -2.42. The van der Waals surface area contributed by atoms with E-state index in [1.54, 1.807) is 6.20 Å². The third-order valence-corrected chi connectivity index (χ3v) is 2.64. The van der Waals surface area contributed by atoms with Gasteiger partial charge in [-0.1, -0.05) is 30.3 Å². The summed E-state index contributed by atoms with van der Waals surface area (Å²) in [5.41, 5.74) is 8.38. The summed E-state index contributed by atoms with van der Waals surface area (Å²) in [4.78, 5) is 8.87. The summed E-state index contributed by atoms with van der Waals surface area (Å²) < 4.78 is 0. The molecule has 0 aliphatic carbocycles. The molecule has 2 N–H and O–H groups in total. The van der Waals surface area contributed by atoms with Gasteiger partial charge in [-0.15, -0.1) is 0 Å². The highest BCUT2D eigenvalue weighted by atomic mass is 14.9. The van der Waals surface area contributed by atoms with Gasteiger partial charge < -0.3 is 5.73 Å². The first-order valence-electron chi connectivity index (χ1n) is 5.41. The maximum absolute atomic E-state index is 5.72. The van der Waals surface area contributed by atoms with Crippen molar-refractivity contribution in [3.05, 3.63) is 54.7 Å². The first-order valence-corrected chi connectivity index (χ1v) is 5.41. The van der Waals surface area contributed by atoms with Crippen molar-refractivity contribution in [1.29, 1.82) is 0 Å². The molecule has 0 radical (unpaired) electrons. The Morgan fingerprint density at radius 3 is 2.59 bits per heavy atom. The van der Waals surface area contributed by atoms with Gasteiger partial charge in [-0.25, -0.2) is 9.97 Å². The Balaban J connectivity index is 2.17. The normalized spacial score (nSPS) is 10.6. The fraction of sp³-hybridized carbons (Fsp3) is 0. The fourth-order valence-corrected chi connectivity index (χ4v) is 1.78. The minimum absolute atomic E-state index is 0.730. The Morgan fingerprint density at radius 2 is 1.76 bits per heavy atom. The van der Waals surface area contributed by atoms with Gasteiger partial charge in [-0.3, -0.25) is 0 Å². The van der Waals surface area contributed by atoms with Crippen molar-refractivity contribution < 1.29 is 0 Å². The van der Waals surface area contributed by atoms with E-state index in [0.717, 1.165) is 28.0 Å². The van der Waals surface area contributed by atoms with Crippen LogP contribution in [-0.2, 0) is 0 Å². The molecule has 0 aliphatic heterocycles. The number of fused-ring (bicyclic) bond motifs is 1. The van der Waals surface area contributed by atoms with Crippen LogP contribution in [0.4, 0.5) is 5.69 Å². The van der Waals surface area contributed by atoms with Crippen molar-refractivity contribution in [2.24, 2.45) is 0 Å². The molecule has 0 bridgehead atoms. The van der Waals surface area contributed by atoms with Crippen LogP contribution in [0.1, 0.15) is 0 Å². The maximum atomic E-state index is 5.72. The first kappa shape index (κ1) is 9.78. The molecule has 0 saturated heterocycles. The van der Waals surface area contributed by atoms with Crippen LogP contribution in [0.3, 0.4) is 0 Å². The van der Waals surface area contributed by atoms with Crippen LogP contribution in [0.5, 0.6) is 0 Å². The lowest BCUT2D eigenvalue weighted by Gasteiger charge is -2.02. The molecule has 0 saturated carbocycles. The molecule has 0 amide bonds. The van der Waals surface area contributed by atoms with E-state index >= 15 is 0 Å². The van der Waals surface area contributed by atoms with Crippen molar-refractivity contribution in [1.82, 2.24) is 9.97 Å². The van der Waals surface area contributed by atoms with Gasteiger partial charge in [0.25, 0.3) is 0 Å². The van der Waals surface area contributed by atoms with Gasteiger partial charge in [0.05, 0.1) is 5.52 Å². The molecule has 3 nitrogen and oxygen atoms in total. The smallest absolute Gasteiger partial charge is 0.159 e. The zero-order valence-corrected chi connectivity index (χ0v) is 9.17. The SMILES string of the molecule is Nc1ccc2nc(-c3ccccc3)ncc2c1. The van der Waals surface area contributed by atoms with Crippen LogP contribution < -0.4 is 5.73 Å². The molecular formula is C14H11N3. The van der Waals surface area contributed by atoms with Crippen molar-refractivity contribution >= 4 is 16.6 Å². The maximum Gasteiger partial charge on any atom is 0.159 e. The predicted octanol–water partition coefficient (Wildman–Crippen LogP) is 2.88. The highest BCUT2D eigenvalue weighted by molar-refractivity contribution is 5.82. The third-order valence-electron chi connectivity index (χ3n) is 2.64. The van der Waals surface area contributed by atoms with Crippen molar-refractivity contribution in [3.63, 3.8) is 0 Å². The van der Waals surface area contributed by atoms with Gasteiger partial charge in [0.15, 0.2) is 5.82 Å². The molecule has 1 aromatic heterocycles. The molecule has 3 heteroatoms.